The number of methoxy groups -OCH3 is 1. The van der Waals surface area contributed by atoms with E-state index in [0.29, 0.717) is 6.42 Å². The summed E-state index contributed by atoms with van der Waals surface area (Å²) in [7, 11) is 0.521. The molecule has 2 atom stereocenters. The van der Waals surface area contributed by atoms with Gasteiger partial charge in [0.05, 0.1) is 44.0 Å². The summed E-state index contributed by atoms with van der Waals surface area (Å²) in [5, 5.41) is 2.93. The third-order valence-corrected chi connectivity index (χ3v) is 7.54. The summed E-state index contributed by atoms with van der Waals surface area (Å²) in [6.07, 6.45) is 2.22. The van der Waals surface area contributed by atoms with E-state index in [0.717, 1.165) is 23.4 Å². The zero-order chi connectivity index (χ0) is 27.6. The van der Waals surface area contributed by atoms with Crippen LogP contribution in [0.4, 0.5) is 16.0 Å². The lowest BCUT2D eigenvalue weighted by Gasteiger charge is -2.28. The molecular weight excluding hydrogens is 541 g/mol. The number of carbonyl (C=O) groups is 1. The van der Waals surface area contributed by atoms with E-state index in [1.807, 2.05) is 29.7 Å². The average Bonchev–Trinajstić information content (AvgIpc) is 3.23. The maximum atomic E-state index is 14.6. The number of anilines is 2. The maximum Gasteiger partial charge on any atom is 0.277 e. The summed E-state index contributed by atoms with van der Waals surface area (Å²) < 4.78 is 52.1. The third-order valence-electron chi connectivity index (χ3n) is 6.01. The molecule has 0 saturated carbocycles. The number of hydrogen-bond acceptors (Lipinski definition) is 9. The summed E-state index contributed by atoms with van der Waals surface area (Å²) in [6, 6.07) is 9.11. The molecule has 14 heteroatoms. The predicted octanol–water partition coefficient (Wildman–Crippen LogP) is 3.25. The van der Waals surface area contributed by atoms with Gasteiger partial charge in [-0.3, -0.25) is 9.63 Å². The standard InChI is InChI=1S/C24H25ClFN5O6S/c1-31(38(4,33)34)21-14-8-6-5-7-13(14)9-20(21)37-23-16(25)12-27-24(29-23)28-18-11-17(26)15(10-19(18)35-2)22(32)30-36-3/h5-8,10-12,20-21H,9H2,1-4H3,(H,30,32)(H,27,28,29)/t20-,21-/m1/s1. The van der Waals surface area contributed by atoms with Crippen LogP contribution in [0.25, 0.3) is 0 Å². The Bertz CT molecular complexity index is 1470. The van der Waals surface area contributed by atoms with Gasteiger partial charge in [-0.2, -0.15) is 9.29 Å². The minimum absolute atomic E-state index is 0.000258. The molecule has 1 aliphatic carbocycles. The van der Waals surface area contributed by atoms with E-state index in [-0.39, 0.29) is 33.9 Å². The van der Waals surface area contributed by atoms with Crippen molar-refractivity contribution in [2.24, 2.45) is 0 Å². The number of benzene rings is 2. The second kappa shape index (κ2) is 11.1. The summed E-state index contributed by atoms with van der Waals surface area (Å²) in [5.41, 5.74) is 3.66. The molecule has 2 aromatic carbocycles. The number of rotatable bonds is 9. The highest BCUT2D eigenvalue weighted by Crippen LogP contribution is 2.40. The number of hydrogen-bond donors (Lipinski definition) is 2. The molecular formula is C24H25ClFN5O6S. The van der Waals surface area contributed by atoms with Crippen molar-refractivity contribution in [1.29, 1.82) is 0 Å². The number of nitrogens with zero attached hydrogens (tertiary/aromatic N) is 3. The van der Waals surface area contributed by atoms with E-state index in [1.54, 1.807) is 0 Å². The molecule has 4 rings (SSSR count). The number of nitrogens with one attached hydrogen (secondary N) is 2. The number of amides is 1. The van der Waals surface area contributed by atoms with Gasteiger partial charge in [0, 0.05) is 19.5 Å². The summed E-state index contributed by atoms with van der Waals surface area (Å²) >= 11 is 6.32. The molecule has 1 aromatic heterocycles. The van der Waals surface area contributed by atoms with Gasteiger partial charge in [-0.25, -0.2) is 23.3 Å². The van der Waals surface area contributed by atoms with Gasteiger partial charge >= 0.3 is 0 Å². The monoisotopic (exact) mass is 565 g/mol. The van der Waals surface area contributed by atoms with Crippen molar-refractivity contribution in [2.45, 2.75) is 18.6 Å². The number of carbonyl (C=O) groups excluding carboxylic acids is 1. The molecule has 1 heterocycles. The lowest BCUT2D eigenvalue weighted by molar-refractivity contribution is 0.0533. The SMILES string of the molecule is CONC(=O)c1cc(OC)c(Nc2ncc(Cl)c(O[C@@H]3Cc4ccccc4[C@H]3N(C)S(C)(=O)=O)n2)cc1F. The number of halogens is 2. The smallest absolute Gasteiger partial charge is 0.277 e. The van der Waals surface area contributed by atoms with Gasteiger partial charge in [0.2, 0.25) is 21.9 Å². The molecule has 0 radical (unpaired) electrons. The third kappa shape index (κ3) is 5.65. The van der Waals surface area contributed by atoms with E-state index >= 15 is 0 Å². The first-order valence-corrected chi connectivity index (χ1v) is 13.4. The molecule has 3 aromatic rings. The van der Waals surface area contributed by atoms with Gasteiger partial charge in [0.15, 0.2) is 0 Å². The second-order valence-electron chi connectivity index (χ2n) is 8.42. The first kappa shape index (κ1) is 27.5. The quantitative estimate of drug-likeness (QED) is 0.375. The average molecular weight is 566 g/mol. The Morgan fingerprint density at radius 2 is 1.97 bits per heavy atom. The highest BCUT2D eigenvalue weighted by Gasteiger charge is 2.40. The summed E-state index contributed by atoms with van der Waals surface area (Å²) in [6.45, 7) is 0. The predicted molar refractivity (Wildman–Crippen MR) is 138 cm³/mol. The van der Waals surface area contributed by atoms with Crippen molar-refractivity contribution >= 4 is 39.2 Å². The van der Waals surface area contributed by atoms with Crippen molar-refractivity contribution in [3.63, 3.8) is 0 Å². The van der Waals surface area contributed by atoms with E-state index in [1.165, 1.54) is 37.8 Å². The van der Waals surface area contributed by atoms with Gasteiger partial charge in [-0.15, -0.1) is 0 Å². The number of sulfonamides is 1. The number of hydroxylamine groups is 1. The Morgan fingerprint density at radius 3 is 2.66 bits per heavy atom. The van der Waals surface area contributed by atoms with Crippen molar-refractivity contribution in [3.8, 4) is 11.6 Å². The number of aromatic nitrogens is 2. The molecule has 11 nitrogen and oxygen atoms in total. The van der Waals surface area contributed by atoms with Crippen LogP contribution in [0, 0.1) is 5.82 Å². The molecule has 202 valence electrons. The Morgan fingerprint density at radius 1 is 1.24 bits per heavy atom. The van der Waals surface area contributed by atoms with Crippen molar-refractivity contribution in [2.75, 3.05) is 32.8 Å². The lowest BCUT2D eigenvalue weighted by atomic mass is 10.1. The first-order chi connectivity index (χ1) is 18.0. The van der Waals surface area contributed by atoms with E-state index in [2.05, 4.69) is 20.1 Å². The van der Waals surface area contributed by atoms with Gasteiger partial charge in [0.25, 0.3) is 5.91 Å². The number of fused-ring (bicyclic) bond motifs is 1. The Kier molecular flexibility index (Phi) is 8.02. The molecule has 0 aliphatic heterocycles. The number of likely N-dealkylation sites (N-methyl/N-ethyl adjacent to an activating group) is 1. The lowest BCUT2D eigenvalue weighted by Crippen LogP contribution is -2.38. The molecule has 0 spiro atoms. The topological polar surface area (TPSA) is 132 Å². The molecule has 0 bridgehead atoms. The van der Waals surface area contributed by atoms with E-state index in [4.69, 9.17) is 21.1 Å². The van der Waals surface area contributed by atoms with Crippen molar-refractivity contribution in [3.05, 3.63) is 70.1 Å². The number of ether oxygens (including phenoxy) is 2. The Balaban J connectivity index is 1.63. The van der Waals surface area contributed by atoms with Crippen LogP contribution in [-0.4, -0.2) is 62.2 Å². The van der Waals surface area contributed by atoms with Crippen LogP contribution in [0.3, 0.4) is 0 Å². The van der Waals surface area contributed by atoms with Gasteiger partial charge in [-0.05, 0) is 17.2 Å². The van der Waals surface area contributed by atoms with Crippen LogP contribution in [-0.2, 0) is 21.3 Å². The van der Waals surface area contributed by atoms with E-state index in [9.17, 15) is 17.6 Å². The molecule has 0 unspecified atom stereocenters. The highest BCUT2D eigenvalue weighted by molar-refractivity contribution is 7.88. The Labute approximate surface area is 223 Å². The zero-order valence-corrected chi connectivity index (χ0v) is 22.4. The van der Waals surface area contributed by atoms with Crippen LogP contribution in [0.5, 0.6) is 11.6 Å². The molecule has 2 N–H and O–H groups in total. The first-order valence-electron chi connectivity index (χ1n) is 11.2. The minimum Gasteiger partial charge on any atom is -0.495 e. The largest absolute Gasteiger partial charge is 0.495 e. The van der Waals surface area contributed by atoms with Crippen LogP contribution in [0.15, 0.2) is 42.6 Å². The van der Waals surface area contributed by atoms with Gasteiger partial charge in [-0.1, -0.05) is 35.9 Å². The van der Waals surface area contributed by atoms with Crippen molar-refractivity contribution in [1.82, 2.24) is 19.8 Å². The minimum atomic E-state index is -3.55. The van der Waals surface area contributed by atoms with Gasteiger partial charge in [0.1, 0.15) is 22.7 Å². The normalized spacial score (nSPS) is 16.7. The molecule has 1 amide bonds. The second-order valence-corrected chi connectivity index (χ2v) is 10.9. The van der Waals surface area contributed by atoms with E-state index < -0.39 is 33.9 Å². The molecule has 0 saturated heterocycles. The van der Waals surface area contributed by atoms with Crippen LogP contribution >= 0.6 is 11.6 Å². The maximum absolute atomic E-state index is 14.6. The fourth-order valence-corrected chi connectivity index (χ4v) is 4.98. The molecule has 0 fully saturated rings. The molecule has 1 aliphatic rings. The Hall–Kier alpha value is -3.52. The summed E-state index contributed by atoms with van der Waals surface area (Å²) in [5.74, 6) is -1.50. The van der Waals surface area contributed by atoms with Crippen LogP contribution in [0.1, 0.15) is 27.5 Å². The summed E-state index contributed by atoms with van der Waals surface area (Å²) in [4.78, 5) is 25.0. The fourth-order valence-electron chi connectivity index (χ4n) is 4.18. The highest BCUT2D eigenvalue weighted by atomic mass is 35.5. The molecule has 38 heavy (non-hydrogen) atoms. The van der Waals surface area contributed by atoms with Crippen LogP contribution in [0.2, 0.25) is 5.02 Å². The van der Waals surface area contributed by atoms with Crippen molar-refractivity contribution < 1.29 is 31.9 Å². The van der Waals surface area contributed by atoms with Crippen LogP contribution < -0.4 is 20.3 Å². The van der Waals surface area contributed by atoms with Gasteiger partial charge < -0.3 is 14.8 Å². The fraction of sp³-hybridized carbons (Fsp3) is 0.292. The zero-order valence-electron chi connectivity index (χ0n) is 20.9.